The minimum Gasteiger partial charge on any atom is -0.502 e. The van der Waals surface area contributed by atoms with Gasteiger partial charge in [-0.05, 0) is 19.8 Å². The Morgan fingerprint density at radius 2 is 2.15 bits per heavy atom. The van der Waals surface area contributed by atoms with E-state index in [1.807, 2.05) is 0 Å². The minimum atomic E-state index is -0.837. The lowest BCUT2D eigenvalue weighted by molar-refractivity contribution is -0.141. The lowest BCUT2D eigenvalue weighted by Crippen LogP contribution is -2.09. The number of rotatable bonds is 4. The summed E-state index contributed by atoms with van der Waals surface area (Å²) in [6, 6.07) is 0. The first-order chi connectivity index (χ1) is 6.15. The van der Waals surface area contributed by atoms with Crippen molar-refractivity contribution in [3.8, 4) is 0 Å². The molecule has 0 aromatic rings. The van der Waals surface area contributed by atoms with Gasteiger partial charge in [0.1, 0.15) is 0 Å². The Bertz CT molecular complexity index is 250. The van der Waals surface area contributed by atoms with Crippen LogP contribution in [0.4, 0.5) is 0 Å². The fourth-order valence-electron chi connectivity index (χ4n) is 0.884. The number of ketones is 1. The maximum absolute atomic E-state index is 11.1. The summed E-state index contributed by atoms with van der Waals surface area (Å²) < 4.78 is 4.50. The molecule has 0 aromatic heterocycles. The van der Waals surface area contributed by atoms with E-state index in [1.165, 1.54) is 0 Å². The molecule has 1 N–H and O–H groups in total. The summed E-state index contributed by atoms with van der Waals surface area (Å²) in [5.41, 5.74) is 0. The predicted molar refractivity (Wildman–Crippen MR) is 45.1 cm³/mol. The van der Waals surface area contributed by atoms with Gasteiger partial charge in [0.25, 0.3) is 0 Å². The standard InChI is InChI=1S/C9H12O4/c1-2-13-9(12)8(11)5-7(10)6-3-4-6/h5-6,11H,2-4H2,1H3. The summed E-state index contributed by atoms with van der Waals surface area (Å²) in [4.78, 5) is 21.9. The lowest BCUT2D eigenvalue weighted by Gasteiger charge is -1.98. The first kappa shape index (κ1) is 9.77. The molecule has 0 amide bonds. The van der Waals surface area contributed by atoms with Crippen LogP contribution in [-0.4, -0.2) is 23.5 Å². The van der Waals surface area contributed by atoms with E-state index >= 15 is 0 Å². The molecular formula is C9H12O4. The summed E-state index contributed by atoms with van der Waals surface area (Å²) >= 11 is 0. The van der Waals surface area contributed by atoms with Gasteiger partial charge in [0.05, 0.1) is 6.61 Å². The molecule has 0 spiro atoms. The van der Waals surface area contributed by atoms with Crippen molar-refractivity contribution in [1.82, 2.24) is 0 Å². The highest BCUT2D eigenvalue weighted by atomic mass is 16.5. The number of carbonyl (C=O) groups is 2. The van der Waals surface area contributed by atoms with E-state index in [1.54, 1.807) is 6.92 Å². The fourth-order valence-corrected chi connectivity index (χ4v) is 0.884. The zero-order chi connectivity index (χ0) is 9.84. The third-order valence-corrected chi connectivity index (χ3v) is 1.74. The topological polar surface area (TPSA) is 63.6 Å². The molecular weight excluding hydrogens is 172 g/mol. The Balaban J connectivity index is 2.48. The van der Waals surface area contributed by atoms with Crippen molar-refractivity contribution >= 4 is 11.8 Å². The third kappa shape index (κ3) is 2.89. The zero-order valence-electron chi connectivity index (χ0n) is 7.45. The SMILES string of the molecule is CCOC(=O)C(O)=CC(=O)C1CC1. The van der Waals surface area contributed by atoms with Crippen LogP contribution in [-0.2, 0) is 14.3 Å². The number of aliphatic hydroxyl groups excluding tert-OH is 1. The van der Waals surface area contributed by atoms with Crippen molar-refractivity contribution in [3.63, 3.8) is 0 Å². The number of hydrogen-bond acceptors (Lipinski definition) is 4. The van der Waals surface area contributed by atoms with E-state index < -0.39 is 11.7 Å². The fraction of sp³-hybridized carbons (Fsp3) is 0.556. The van der Waals surface area contributed by atoms with Crippen LogP contribution in [0.3, 0.4) is 0 Å². The maximum Gasteiger partial charge on any atom is 0.373 e. The average Bonchev–Trinajstić information content (AvgIpc) is 2.86. The van der Waals surface area contributed by atoms with Crippen molar-refractivity contribution in [2.75, 3.05) is 6.61 Å². The van der Waals surface area contributed by atoms with Crippen LogP contribution in [0, 0.1) is 5.92 Å². The Kier molecular flexibility index (Phi) is 3.06. The Labute approximate surface area is 76.2 Å². The first-order valence-electron chi connectivity index (χ1n) is 4.26. The van der Waals surface area contributed by atoms with Crippen LogP contribution >= 0.6 is 0 Å². The molecule has 1 aliphatic carbocycles. The second kappa shape index (κ2) is 4.07. The highest BCUT2D eigenvalue weighted by molar-refractivity contribution is 5.99. The highest BCUT2D eigenvalue weighted by Gasteiger charge is 2.29. The molecule has 0 radical (unpaired) electrons. The number of allylic oxidation sites excluding steroid dienone is 1. The highest BCUT2D eigenvalue weighted by Crippen LogP contribution is 2.30. The van der Waals surface area contributed by atoms with E-state index in [0.29, 0.717) is 0 Å². The zero-order valence-corrected chi connectivity index (χ0v) is 7.45. The lowest BCUT2D eigenvalue weighted by atomic mass is 10.2. The molecule has 13 heavy (non-hydrogen) atoms. The van der Waals surface area contributed by atoms with Crippen LogP contribution in [0.2, 0.25) is 0 Å². The maximum atomic E-state index is 11.1. The van der Waals surface area contributed by atoms with Gasteiger partial charge in [0, 0.05) is 12.0 Å². The van der Waals surface area contributed by atoms with Crippen molar-refractivity contribution in [2.24, 2.45) is 5.92 Å². The molecule has 1 fully saturated rings. The molecule has 1 saturated carbocycles. The van der Waals surface area contributed by atoms with Crippen LogP contribution < -0.4 is 0 Å². The van der Waals surface area contributed by atoms with Gasteiger partial charge >= 0.3 is 5.97 Å². The Morgan fingerprint density at radius 1 is 1.54 bits per heavy atom. The van der Waals surface area contributed by atoms with Crippen molar-refractivity contribution in [2.45, 2.75) is 19.8 Å². The summed E-state index contributed by atoms with van der Waals surface area (Å²) in [7, 11) is 0. The number of aliphatic hydroxyl groups is 1. The van der Waals surface area contributed by atoms with E-state index in [4.69, 9.17) is 5.11 Å². The van der Waals surface area contributed by atoms with Crippen molar-refractivity contribution in [3.05, 3.63) is 11.8 Å². The van der Waals surface area contributed by atoms with Gasteiger partial charge < -0.3 is 9.84 Å². The number of esters is 1. The molecule has 0 bridgehead atoms. The van der Waals surface area contributed by atoms with Crippen LogP contribution in [0.1, 0.15) is 19.8 Å². The van der Waals surface area contributed by atoms with E-state index in [2.05, 4.69) is 4.74 Å². The van der Waals surface area contributed by atoms with E-state index in [0.717, 1.165) is 18.9 Å². The molecule has 72 valence electrons. The largest absolute Gasteiger partial charge is 0.502 e. The number of hydrogen-bond donors (Lipinski definition) is 1. The third-order valence-electron chi connectivity index (χ3n) is 1.74. The van der Waals surface area contributed by atoms with Crippen LogP contribution in [0.15, 0.2) is 11.8 Å². The molecule has 1 rings (SSSR count). The molecule has 4 nitrogen and oxygen atoms in total. The van der Waals surface area contributed by atoms with Gasteiger partial charge in [-0.1, -0.05) is 0 Å². The minimum absolute atomic E-state index is 0.0107. The molecule has 0 saturated heterocycles. The van der Waals surface area contributed by atoms with Crippen LogP contribution in [0.5, 0.6) is 0 Å². The average molecular weight is 184 g/mol. The van der Waals surface area contributed by atoms with Gasteiger partial charge in [-0.25, -0.2) is 4.79 Å². The molecule has 0 atom stereocenters. The van der Waals surface area contributed by atoms with E-state index in [9.17, 15) is 9.59 Å². The van der Waals surface area contributed by atoms with Crippen LogP contribution in [0.25, 0.3) is 0 Å². The smallest absolute Gasteiger partial charge is 0.373 e. The summed E-state index contributed by atoms with van der Waals surface area (Å²) in [5.74, 6) is -1.61. The number of carbonyl (C=O) groups excluding carboxylic acids is 2. The summed E-state index contributed by atoms with van der Waals surface area (Å²) in [6.45, 7) is 1.82. The molecule has 0 heterocycles. The molecule has 1 aliphatic rings. The summed E-state index contributed by atoms with van der Waals surface area (Å²) in [6.07, 6.45) is 2.66. The first-order valence-corrected chi connectivity index (χ1v) is 4.26. The molecule has 0 aromatic carbocycles. The monoisotopic (exact) mass is 184 g/mol. The normalized spacial score (nSPS) is 16.8. The van der Waals surface area contributed by atoms with Crippen molar-refractivity contribution in [1.29, 1.82) is 0 Å². The van der Waals surface area contributed by atoms with E-state index in [-0.39, 0.29) is 18.3 Å². The Hall–Kier alpha value is -1.32. The van der Waals surface area contributed by atoms with Crippen molar-refractivity contribution < 1.29 is 19.4 Å². The summed E-state index contributed by atoms with van der Waals surface area (Å²) in [5, 5.41) is 9.06. The van der Waals surface area contributed by atoms with Gasteiger partial charge in [0.15, 0.2) is 5.78 Å². The van der Waals surface area contributed by atoms with Gasteiger partial charge in [-0.3, -0.25) is 4.79 Å². The molecule has 0 aliphatic heterocycles. The second-order valence-electron chi connectivity index (χ2n) is 2.93. The molecule has 4 heteroatoms. The second-order valence-corrected chi connectivity index (χ2v) is 2.93. The van der Waals surface area contributed by atoms with Gasteiger partial charge in [0.2, 0.25) is 5.76 Å². The molecule has 0 unspecified atom stereocenters. The quantitative estimate of drug-likeness (QED) is 0.401. The number of ether oxygens (including phenoxy) is 1. The predicted octanol–water partition coefficient (Wildman–Crippen LogP) is 0.971. The Morgan fingerprint density at radius 3 is 2.62 bits per heavy atom. The van der Waals surface area contributed by atoms with Gasteiger partial charge in [-0.2, -0.15) is 0 Å². The van der Waals surface area contributed by atoms with Gasteiger partial charge in [-0.15, -0.1) is 0 Å².